The maximum Gasteiger partial charge on any atom is 0.185 e. The van der Waals surface area contributed by atoms with E-state index in [-0.39, 0.29) is 0 Å². The van der Waals surface area contributed by atoms with Gasteiger partial charge in [-0.3, -0.25) is 4.90 Å². The lowest BCUT2D eigenvalue weighted by atomic mass is 9.81. The van der Waals surface area contributed by atoms with Gasteiger partial charge in [-0.2, -0.15) is 0 Å². The van der Waals surface area contributed by atoms with Crippen LogP contribution in [0.2, 0.25) is 0 Å². The van der Waals surface area contributed by atoms with Crippen LogP contribution in [-0.2, 0) is 0 Å². The van der Waals surface area contributed by atoms with Gasteiger partial charge in [-0.05, 0) is 24.8 Å². The molecular weight excluding hydrogens is 280 g/mol. The predicted octanol–water partition coefficient (Wildman–Crippen LogP) is 2.68. The van der Waals surface area contributed by atoms with Crippen LogP contribution < -0.4 is 10.2 Å². The number of piperazine rings is 1. The topological polar surface area (TPSA) is 31.4 Å². The van der Waals surface area contributed by atoms with E-state index in [1.165, 1.54) is 24.5 Å². The molecule has 0 spiro atoms. The highest BCUT2D eigenvalue weighted by molar-refractivity contribution is 7.13. The van der Waals surface area contributed by atoms with Crippen LogP contribution in [0.25, 0.3) is 0 Å². The molecule has 21 heavy (non-hydrogen) atoms. The minimum Gasteiger partial charge on any atom is -0.346 e. The van der Waals surface area contributed by atoms with Crippen LogP contribution in [0, 0.1) is 5.41 Å². The molecule has 0 atom stereocenters. The number of nitrogens with one attached hydrogen (secondary N) is 1. The summed E-state index contributed by atoms with van der Waals surface area (Å²) in [6.07, 6.45) is 4.41. The fraction of sp³-hybridized carbons (Fsp3) is 0.812. The van der Waals surface area contributed by atoms with Gasteiger partial charge >= 0.3 is 0 Å². The molecule has 0 bridgehead atoms. The second-order valence-corrected chi connectivity index (χ2v) is 6.94. The van der Waals surface area contributed by atoms with Crippen molar-refractivity contribution >= 4 is 16.5 Å². The lowest BCUT2D eigenvalue weighted by molar-refractivity contribution is 0.129. The Labute approximate surface area is 133 Å². The van der Waals surface area contributed by atoms with Crippen LogP contribution in [0.15, 0.2) is 11.6 Å². The smallest absolute Gasteiger partial charge is 0.185 e. The summed E-state index contributed by atoms with van der Waals surface area (Å²) in [6.45, 7) is 14.8. The summed E-state index contributed by atoms with van der Waals surface area (Å²) >= 11 is 1.75. The van der Waals surface area contributed by atoms with Gasteiger partial charge in [0.25, 0.3) is 0 Å². The molecule has 0 unspecified atom stereocenters. The van der Waals surface area contributed by atoms with Gasteiger partial charge in [0.15, 0.2) is 5.13 Å². The minimum absolute atomic E-state index is 0.430. The van der Waals surface area contributed by atoms with E-state index in [1.807, 2.05) is 6.20 Å². The van der Waals surface area contributed by atoms with Gasteiger partial charge in [0.1, 0.15) is 0 Å². The first-order chi connectivity index (χ1) is 10.2. The van der Waals surface area contributed by atoms with Gasteiger partial charge in [0.2, 0.25) is 0 Å². The number of hydrogen-bond acceptors (Lipinski definition) is 5. The first-order valence-electron chi connectivity index (χ1n) is 8.30. The van der Waals surface area contributed by atoms with Crippen molar-refractivity contribution in [1.29, 1.82) is 0 Å². The average molecular weight is 311 g/mol. The summed E-state index contributed by atoms with van der Waals surface area (Å²) in [5, 5.41) is 6.81. The highest BCUT2D eigenvalue weighted by Crippen LogP contribution is 2.28. The Morgan fingerprint density at radius 1 is 1.19 bits per heavy atom. The molecule has 1 aromatic heterocycles. The normalized spacial score (nSPS) is 17.4. The van der Waals surface area contributed by atoms with Crippen LogP contribution >= 0.6 is 11.3 Å². The largest absolute Gasteiger partial charge is 0.346 e. The molecule has 1 N–H and O–H groups in total. The second-order valence-electron chi connectivity index (χ2n) is 6.07. The molecule has 5 heteroatoms. The van der Waals surface area contributed by atoms with E-state index < -0.39 is 0 Å². The van der Waals surface area contributed by atoms with Crippen LogP contribution in [0.4, 0.5) is 5.13 Å². The quantitative estimate of drug-likeness (QED) is 0.800. The van der Waals surface area contributed by atoms with Crippen molar-refractivity contribution < 1.29 is 0 Å². The van der Waals surface area contributed by atoms with E-state index >= 15 is 0 Å². The van der Waals surface area contributed by atoms with Crippen molar-refractivity contribution in [3.05, 3.63) is 11.6 Å². The number of hydrogen-bond donors (Lipinski definition) is 1. The Bertz CT molecular complexity index is 381. The van der Waals surface area contributed by atoms with Crippen molar-refractivity contribution in [2.24, 2.45) is 5.41 Å². The fourth-order valence-electron chi connectivity index (χ4n) is 3.11. The standard InChI is InChI=1S/C16H30N4S/c1-4-16(5-2,13-17-6-3)14-19-8-10-20(11-9-19)15-18-7-12-21-15/h7,12,17H,4-6,8-11,13-14H2,1-3H3. The van der Waals surface area contributed by atoms with Crippen LogP contribution in [0.1, 0.15) is 33.6 Å². The Morgan fingerprint density at radius 2 is 1.90 bits per heavy atom. The van der Waals surface area contributed by atoms with Crippen molar-refractivity contribution in [3.63, 3.8) is 0 Å². The monoisotopic (exact) mass is 310 g/mol. The summed E-state index contributed by atoms with van der Waals surface area (Å²) in [7, 11) is 0. The number of nitrogens with zero attached hydrogens (tertiary/aromatic N) is 3. The van der Waals surface area contributed by atoms with Crippen molar-refractivity contribution in [2.45, 2.75) is 33.6 Å². The van der Waals surface area contributed by atoms with Gasteiger partial charge < -0.3 is 10.2 Å². The molecule has 0 aliphatic carbocycles. The van der Waals surface area contributed by atoms with Crippen LogP contribution in [-0.4, -0.2) is 55.7 Å². The zero-order valence-electron chi connectivity index (χ0n) is 13.8. The lowest BCUT2D eigenvalue weighted by Crippen LogP contribution is -2.51. The number of rotatable bonds is 8. The fourth-order valence-corrected chi connectivity index (χ4v) is 3.81. The molecule has 1 fully saturated rings. The Morgan fingerprint density at radius 3 is 2.43 bits per heavy atom. The molecule has 2 rings (SSSR count). The number of anilines is 1. The molecule has 2 heterocycles. The van der Waals surface area contributed by atoms with Gasteiger partial charge in [-0.15, -0.1) is 11.3 Å². The van der Waals surface area contributed by atoms with Gasteiger partial charge in [-0.25, -0.2) is 4.98 Å². The van der Waals surface area contributed by atoms with E-state index in [0.29, 0.717) is 5.41 Å². The summed E-state index contributed by atoms with van der Waals surface area (Å²) in [5.74, 6) is 0. The predicted molar refractivity (Wildman–Crippen MR) is 92.3 cm³/mol. The maximum absolute atomic E-state index is 4.43. The molecule has 1 saturated heterocycles. The summed E-state index contributed by atoms with van der Waals surface area (Å²) in [6, 6.07) is 0. The SMILES string of the molecule is CCNCC(CC)(CC)CN1CCN(c2nccs2)CC1. The van der Waals surface area contributed by atoms with Crippen LogP contribution in [0.5, 0.6) is 0 Å². The third-order valence-corrected chi connectivity index (χ3v) is 5.70. The maximum atomic E-state index is 4.43. The molecule has 0 amide bonds. The molecular formula is C16H30N4S. The zero-order valence-corrected chi connectivity index (χ0v) is 14.6. The Kier molecular flexibility index (Phi) is 6.45. The van der Waals surface area contributed by atoms with Crippen molar-refractivity contribution in [1.82, 2.24) is 15.2 Å². The van der Waals surface area contributed by atoms with Crippen LogP contribution in [0.3, 0.4) is 0 Å². The Hall–Kier alpha value is -0.650. The van der Waals surface area contributed by atoms with E-state index in [9.17, 15) is 0 Å². The highest BCUT2D eigenvalue weighted by atomic mass is 32.1. The van der Waals surface area contributed by atoms with Crippen molar-refractivity contribution in [2.75, 3.05) is 50.7 Å². The second kappa shape index (κ2) is 8.11. The molecule has 1 aliphatic heterocycles. The number of thiazole rings is 1. The molecule has 0 saturated carbocycles. The first-order valence-corrected chi connectivity index (χ1v) is 9.18. The van der Waals surface area contributed by atoms with Gasteiger partial charge in [-0.1, -0.05) is 20.8 Å². The zero-order chi connectivity index (χ0) is 15.1. The minimum atomic E-state index is 0.430. The van der Waals surface area contributed by atoms with E-state index in [4.69, 9.17) is 0 Å². The summed E-state index contributed by atoms with van der Waals surface area (Å²) in [4.78, 5) is 9.50. The highest BCUT2D eigenvalue weighted by Gasteiger charge is 2.30. The summed E-state index contributed by atoms with van der Waals surface area (Å²) < 4.78 is 0. The average Bonchev–Trinajstić information content (AvgIpc) is 3.06. The van der Waals surface area contributed by atoms with E-state index in [0.717, 1.165) is 39.3 Å². The molecule has 120 valence electrons. The van der Waals surface area contributed by atoms with Gasteiger partial charge in [0, 0.05) is 50.8 Å². The molecule has 0 radical (unpaired) electrons. The molecule has 1 aliphatic rings. The molecule has 1 aromatic rings. The van der Waals surface area contributed by atoms with Gasteiger partial charge in [0.05, 0.1) is 0 Å². The van der Waals surface area contributed by atoms with E-state index in [2.05, 4.69) is 46.3 Å². The summed E-state index contributed by atoms with van der Waals surface area (Å²) in [5.41, 5.74) is 0.430. The number of aromatic nitrogens is 1. The molecule has 0 aromatic carbocycles. The van der Waals surface area contributed by atoms with E-state index in [1.54, 1.807) is 11.3 Å². The lowest BCUT2D eigenvalue weighted by Gasteiger charge is -2.41. The molecule has 4 nitrogen and oxygen atoms in total. The third-order valence-electron chi connectivity index (χ3n) is 4.87. The first kappa shape index (κ1) is 16.7. The van der Waals surface area contributed by atoms with Crippen molar-refractivity contribution in [3.8, 4) is 0 Å². The third kappa shape index (κ3) is 4.41. The Balaban J connectivity index is 1.86.